The van der Waals surface area contributed by atoms with Crippen LogP contribution in [0.4, 0.5) is 0 Å². The Hall–Kier alpha value is -0.530. The van der Waals surface area contributed by atoms with Crippen LogP contribution in [0.3, 0.4) is 0 Å². The van der Waals surface area contributed by atoms with Gasteiger partial charge in [-0.25, -0.2) is 0 Å². The van der Waals surface area contributed by atoms with Gasteiger partial charge in [0.15, 0.2) is 0 Å². The predicted molar refractivity (Wildman–Crippen MR) is 75.4 cm³/mol. The highest BCUT2D eigenvalue weighted by Crippen LogP contribution is 2.07. The number of hydrogen-bond acceptors (Lipinski definition) is 1. The number of rotatable bonds is 10. The van der Waals surface area contributed by atoms with Crippen molar-refractivity contribution >= 4 is 5.97 Å². The van der Waals surface area contributed by atoms with E-state index < -0.39 is 5.97 Å². The van der Waals surface area contributed by atoms with E-state index in [2.05, 4.69) is 20.8 Å². The summed E-state index contributed by atoms with van der Waals surface area (Å²) in [5.74, 6) is -0.663. The van der Waals surface area contributed by atoms with E-state index in [-0.39, 0.29) is 0 Å². The first-order valence-corrected chi connectivity index (χ1v) is 7.40. The SMILES string of the molecule is CCCCC.CCCCCCCCCC(=O)O. The van der Waals surface area contributed by atoms with E-state index in [1.807, 2.05) is 0 Å². The molecule has 0 aliphatic heterocycles. The minimum Gasteiger partial charge on any atom is -0.481 e. The van der Waals surface area contributed by atoms with Crippen LogP contribution in [0, 0.1) is 0 Å². The Bertz CT molecular complexity index is 142. The minimum absolute atomic E-state index is 0.341. The molecule has 0 aromatic carbocycles. The normalized spacial score (nSPS) is 9.59. The van der Waals surface area contributed by atoms with Gasteiger partial charge in [-0.3, -0.25) is 4.79 Å². The zero-order chi connectivity index (χ0) is 13.4. The summed E-state index contributed by atoms with van der Waals surface area (Å²) in [5, 5.41) is 8.35. The highest BCUT2D eigenvalue weighted by atomic mass is 16.4. The van der Waals surface area contributed by atoms with Crippen LogP contribution in [0.1, 0.15) is 91.4 Å². The lowest BCUT2D eigenvalue weighted by Gasteiger charge is -1.98. The van der Waals surface area contributed by atoms with Crippen LogP contribution in [0.5, 0.6) is 0 Å². The van der Waals surface area contributed by atoms with Gasteiger partial charge in [0.05, 0.1) is 0 Å². The summed E-state index contributed by atoms with van der Waals surface area (Å²) in [5.41, 5.74) is 0. The highest BCUT2D eigenvalue weighted by Gasteiger charge is 1.95. The van der Waals surface area contributed by atoms with Gasteiger partial charge in [0, 0.05) is 6.42 Å². The molecule has 0 heterocycles. The molecule has 104 valence electrons. The Kier molecular flexibility index (Phi) is 19.8. The van der Waals surface area contributed by atoms with Crippen molar-refractivity contribution in [3.63, 3.8) is 0 Å². The van der Waals surface area contributed by atoms with Gasteiger partial charge < -0.3 is 5.11 Å². The fourth-order valence-corrected chi connectivity index (χ4v) is 1.59. The van der Waals surface area contributed by atoms with Crippen LogP contribution in [0.2, 0.25) is 0 Å². The molecule has 0 bridgehead atoms. The molecule has 0 atom stereocenters. The summed E-state index contributed by atoms with van der Waals surface area (Å²) in [6.07, 6.45) is 12.7. The maximum atomic E-state index is 10.1. The monoisotopic (exact) mass is 244 g/mol. The van der Waals surface area contributed by atoms with Gasteiger partial charge in [-0.15, -0.1) is 0 Å². The summed E-state index contributed by atoms with van der Waals surface area (Å²) in [7, 11) is 0. The first-order chi connectivity index (χ1) is 8.18. The Balaban J connectivity index is 0. The third-order valence-electron chi connectivity index (χ3n) is 2.70. The Morgan fingerprint density at radius 2 is 1.12 bits per heavy atom. The number of carbonyl (C=O) groups is 1. The standard InChI is InChI=1S/C10H20O2.C5H12/c1-2-3-4-5-6-7-8-9-10(11)12;1-3-5-4-2/h2-9H2,1H3,(H,11,12);3-5H2,1-2H3. The number of aliphatic carboxylic acids is 1. The van der Waals surface area contributed by atoms with Crippen molar-refractivity contribution in [2.24, 2.45) is 0 Å². The Labute approximate surface area is 108 Å². The highest BCUT2D eigenvalue weighted by molar-refractivity contribution is 5.66. The van der Waals surface area contributed by atoms with Gasteiger partial charge in [-0.2, -0.15) is 0 Å². The molecule has 0 aromatic heterocycles. The van der Waals surface area contributed by atoms with Gasteiger partial charge in [0.2, 0.25) is 0 Å². The molecule has 0 radical (unpaired) electrons. The first kappa shape index (κ1) is 18.8. The Morgan fingerprint density at radius 3 is 1.47 bits per heavy atom. The molecule has 0 amide bonds. The fourth-order valence-electron chi connectivity index (χ4n) is 1.59. The van der Waals surface area contributed by atoms with Crippen molar-refractivity contribution in [2.45, 2.75) is 91.4 Å². The van der Waals surface area contributed by atoms with Crippen molar-refractivity contribution in [1.29, 1.82) is 0 Å². The average Bonchev–Trinajstić information content (AvgIpc) is 2.29. The molecular formula is C15H32O2. The van der Waals surface area contributed by atoms with E-state index in [4.69, 9.17) is 5.11 Å². The van der Waals surface area contributed by atoms with Crippen molar-refractivity contribution in [3.05, 3.63) is 0 Å². The van der Waals surface area contributed by atoms with E-state index >= 15 is 0 Å². The zero-order valence-corrected chi connectivity index (χ0v) is 12.1. The van der Waals surface area contributed by atoms with E-state index in [0.29, 0.717) is 6.42 Å². The molecule has 0 fully saturated rings. The third-order valence-corrected chi connectivity index (χ3v) is 2.70. The molecule has 17 heavy (non-hydrogen) atoms. The molecule has 0 saturated carbocycles. The van der Waals surface area contributed by atoms with E-state index in [9.17, 15) is 4.79 Å². The molecule has 0 spiro atoms. The quantitative estimate of drug-likeness (QED) is 0.522. The Morgan fingerprint density at radius 1 is 0.706 bits per heavy atom. The zero-order valence-electron chi connectivity index (χ0n) is 12.1. The second-order valence-electron chi connectivity index (χ2n) is 4.62. The van der Waals surface area contributed by atoms with Crippen molar-refractivity contribution in [3.8, 4) is 0 Å². The molecule has 0 rings (SSSR count). The summed E-state index contributed by atoms with van der Waals surface area (Å²) in [6.45, 7) is 6.62. The first-order valence-electron chi connectivity index (χ1n) is 7.40. The van der Waals surface area contributed by atoms with Gasteiger partial charge in [-0.05, 0) is 6.42 Å². The minimum atomic E-state index is -0.663. The third kappa shape index (κ3) is 25.6. The summed E-state index contributed by atoms with van der Waals surface area (Å²) in [4.78, 5) is 10.1. The van der Waals surface area contributed by atoms with Crippen molar-refractivity contribution in [1.82, 2.24) is 0 Å². The summed E-state index contributed by atoms with van der Waals surface area (Å²) in [6, 6.07) is 0. The van der Waals surface area contributed by atoms with Gasteiger partial charge in [0.1, 0.15) is 0 Å². The van der Waals surface area contributed by atoms with E-state index in [1.54, 1.807) is 0 Å². The lowest BCUT2D eigenvalue weighted by Crippen LogP contribution is -1.93. The molecule has 0 aromatic rings. The summed E-state index contributed by atoms with van der Waals surface area (Å²) >= 11 is 0. The number of unbranched alkanes of at least 4 members (excludes halogenated alkanes) is 8. The van der Waals surface area contributed by atoms with E-state index in [0.717, 1.165) is 12.8 Å². The number of carboxylic acid groups (broad SMARTS) is 1. The van der Waals surface area contributed by atoms with Crippen molar-refractivity contribution < 1.29 is 9.90 Å². The van der Waals surface area contributed by atoms with Gasteiger partial charge in [0.25, 0.3) is 0 Å². The smallest absolute Gasteiger partial charge is 0.303 e. The van der Waals surface area contributed by atoms with E-state index in [1.165, 1.54) is 51.4 Å². The van der Waals surface area contributed by atoms with Crippen LogP contribution in [-0.4, -0.2) is 11.1 Å². The molecule has 2 nitrogen and oxygen atoms in total. The van der Waals surface area contributed by atoms with Crippen LogP contribution < -0.4 is 0 Å². The molecular weight excluding hydrogens is 212 g/mol. The van der Waals surface area contributed by atoms with Gasteiger partial charge in [-0.1, -0.05) is 78.6 Å². The second-order valence-corrected chi connectivity index (χ2v) is 4.62. The lowest BCUT2D eigenvalue weighted by molar-refractivity contribution is -0.137. The van der Waals surface area contributed by atoms with Crippen LogP contribution in [0.25, 0.3) is 0 Å². The lowest BCUT2D eigenvalue weighted by atomic mass is 10.1. The maximum absolute atomic E-state index is 10.1. The average molecular weight is 244 g/mol. The molecule has 0 unspecified atom stereocenters. The van der Waals surface area contributed by atoms with Crippen molar-refractivity contribution in [2.75, 3.05) is 0 Å². The largest absolute Gasteiger partial charge is 0.481 e. The molecule has 1 N–H and O–H groups in total. The molecule has 2 heteroatoms. The molecule has 0 aliphatic carbocycles. The van der Waals surface area contributed by atoms with Gasteiger partial charge >= 0.3 is 5.97 Å². The molecule has 0 saturated heterocycles. The van der Waals surface area contributed by atoms with Crippen LogP contribution in [0.15, 0.2) is 0 Å². The number of carboxylic acids is 1. The second kappa shape index (κ2) is 17.9. The fraction of sp³-hybridized carbons (Fsp3) is 0.933. The number of hydrogen-bond donors (Lipinski definition) is 1. The summed E-state index contributed by atoms with van der Waals surface area (Å²) < 4.78 is 0. The topological polar surface area (TPSA) is 37.3 Å². The predicted octanol–water partition coefficient (Wildman–Crippen LogP) is 5.41. The molecule has 0 aliphatic rings. The van der Waals surface area contributed by atoms with Crippen LogP contribution in [-0.2, 0) is 4.79 Å². The van der Waals surface area contributed by atoms with Crippen LogP contribution >= 0.6 is 0 Å². The maximum Gasteiger partial charge on any atom is 0.303 e.